The predicted molar refractivity (Wildman–Crippen MR) is 38.3 cm³/mol. The molecule has 0 bridgehead atoms. The Bertz CT molecular complexity index is 216. The van der Waals surface area contributed by atoms with Gasteiger partial charge in [0.1, 0.15) is 5.54 Å². The second-order valence-electron chi connectivity index (χ2n) is 2.79. The van der Waals surface area contributed by atoms with Crippen LogP contribution in [0.2, 0.25) is 0 Å². The molecule has 1 aliphatic heterocycles. The maximum atomic E-state index is 11.2. The Morgan fingerprint density at radius 3 is 2.36 bits per heavy atom. The molecule has 62 valence electrons. The highest BCUT2D eigenvalue weighted by atomic mass is 16.2. The van der Waals surface area contributed by atoms with Crippen LogP contribution in [0.4, 0.5) is 4.79 Å². The average Bonchev–Trinajstić information content (AvgIpc) is 2.17. The summed E-state index contributed by atoms with van der Waals surface area (Å²) in [5.74, 6) is 4.77. The van der Waals surface area contributed by atoms with Gasteiger partial charge in [0, 0.05) is 0 Å². The quantitative estimate of drug-likeness (QED) is 0.308. The highest BCUT2D eigenvalue weighted by Gasteiger charge is 2.45. The Labute approximate surface area is 64.5 Å². The largest absolute Gasteiger partial charge is 0.339 e. The minimum absolute atomic E-state index is 0.370. The molecule has 1 fully saturated rings. The molecule has 1 aliphatic rings. The summed E-state index contributed by atoms with van der Waals surface area (Å²) >= 11 is 0. The number of urea groups is 1. The first kappa shape index (κ1) is 8.00. The third-order valence-electron chi connectivity index (χ3n) is 2.00. The molecule has 0 aromatic carbocycles. The summed E-state index contributed by atoms with van der Waals surface area (Å²) < 4.78 is 0. The van der Waals surface area contributed by atoms with E-state index in [-0.39, 0.29) is 5.91 Å². The molecular formula is C6H11N3O2. The lowest BCUT2D eigenvalue weighted by Crippen LogP contribution is -2.44. The number of carbonyl (C=O) groups is 2. The van der Waals surface area contributed by atoms with Crippen LogP contribution in [0.5, 0.6) is 0 Å². The van der Waals surface area contributed by atoms with Crippen molar-refractivity contribution in [1.29, 1.82) is 0 Å². The number of hydrogen-bond donors (Lipinski definition) is 2. The van der Waals surface area contributed by atoms with Crippen molar-refractivity contribution in [2.24, 2.45) is 5.84 Å². The minimum Gasteiger partial charge on any atom is -0.322 e. The minimum atomic E-state index is -0.800. The predicted octanol–water partition coefficient (Wildman–Crippen LogP) is -0.419. The zero-order valence-corrected chi connectivity index (χ0v) is 6.55. The van der Waals surface area contributed by atoms with E-state index in [4.69, 9.17) is 5.84 Å². The topological polar surface area (TPSA) is 75.4 Å². The number of nitrogens with zero attached hydrogens (tertiary/aromatic N) is 1. The van der Waals surface area contributed by atoms with Gasteiger partial charge in [-0.15, -0.1) is 0 Å². The van der Waals surface area contributed by atoms with Crippen LogP contribution in [-0.4, -0.2) is 22.5 Å². The zero-order chi connectivity index (χ0) is 8.65. The van der Waals surface area contributed by atoms with Crippen LogP contribution < -0.4 is 11.2 Å². The highest BCUT2D eigenvalue weighted by molar-refractivity contribution is 6.06. The maximum Gasteiger partial charge on any atom is 0.339 e. The van der Waals surface area contributed by atoms with Crippen molar-refractivity contribution in [3.63, 3.8) is 0 Å². The van der Waals surface area contributed by atoms with Gasteiger partial charge in [-0.25, -0.2) is 10.6 Å². The molecule has 0 saturated carbocycles. The summed E-state index contributed by atoms with van der Waals surface area (Å²) in [4.78, 5) is 22.0. The molecule has 3 amide bonds. The Hall–Kier alpha value is -1.10. The number of carbonyl (C=O) groups excluding carboxylic acids is 2. The molecule has 0 aromatic heterocycles. The van der Waals surface area contributed by atoms with Gasteiger partial charge in [0.2, 0.25) is 0 Å². The lowest BCUT2D eigenvalue weighted by Gasteiger charge is -2.17. The fourth-order valence-corrected chi connectivity index (χ4v) is 0.947. The number of nitrogens with two attached hydrogens (primary N) is 1. The maximum absolute atomic E-state index is 11.2. The van der Waals surface area contributed by atoms with Gasteiger partial charge in [0.25, 0.3) is 5.91 Å². The number of nitrogens with one attached hydrogen (secondary N) is 1. The van der Waals surface area contributed by atoms with E-state index >= 15 is 0 Å². The van der Waals surface area contributed by atoms with Crippen LogP contribution in [0, 0.1) is 0 Å². The van der Waals surface area contributed by atoms with Crippen molar-refractivity contribution < 1.29 is 9.59 Å². The summed E-state index contributed by atoms with van der Waals surface area (Å²) in [5.41, 5.74) is -0.800. The van der Waals surface area contributed by atoms with Gasteiger partial charge in [0.05, 0.1) is 0 Å². The van der Waals surface area contributed by atoms with Crippen molar-refractivity contribution >= 4 is 11.9 Å². The molecule has 1 heterocycles. The van der Waals surface area contributed by atoms with E-state index in [1.54, 1.807) is 6.92 Å². The van der Waals surface area contributed by atoms with Crippen LogP contribution in [0.25, 0.3) is 0 Å². The molecular weight excluding hydrogens is 146 g/mol. The SMILES string of the molecule is CC[C@]1(C)NC(=O)N(N)C1=O. The third kappa shape index (κ3) is 0.970. The van der Waals surface area contributed by atoms with Crippen molar-refractivity contribution in [2.45, 2.75) is 25.8 Å². The van der Waals surface area contributed by atoms with Gasteiger partial charge in [-0.05, 0) is 13.3 Å². The Balaban J connectivity index is 2.91. The number of rotatable bonds is 1. The summed E-state index contributed by atoms with van der Waals surface area (Å²) in [7, 11) is 0. The standard InChI is InChI=1S/C6H11N3O2/c1-3-6(2)4(10)9(7)5(11)8-6/h3,7H2,1-2H3,(H,8,11)/t6-/m0/s1. The van der Waals surface area contributed by atoms with E-state index in [1.165, 1.54) is 0 Å². The molecule has 11 heavy (non-hydrogen) atoms. The average molecular weight is 157 g/mol. The van der Waals surface area contributed by atoms with Crippen LogP contribution in [0.3, 0.4) is 0 Å². The van der Waals surface area contributed by atoms with Gasteiger partial charge in [-0.1, -0.05) is 6.92 Å². The van der Waals surface area contributed by atoms with Gasteiger partial charge >= 0.3 is 6.03 Å². The summed E-state index contributed by atoms with van der Waals surface area (Å²) in [6, 6.07) is -0.528. The van der Waals surface area contributed by atoms with Gasteiger partial charge < -0.3 is 5.32 Å². The molecule has 1 saturated heterocycles. The van der Waals surface area contributed by atoms with E-state index in [0.717, 1.165) is 0 Å². The molecule has 0 aliphatic carbocycles. The summed E-state index contributed by atoms with van der Waals surface area (Å²) in [5, 5.41) is 3.11. The van der Waals surface area contributed by atoms with E-state index in [2.05, 4.69) is 5.32 Å². The Morgan fingerprint density at radius 1 is 1.64 bits per heavy atom. The Morgan fingerprint density at radius 2 is 2.18 bits per heavy atom. The van der Waals surface area contributed by atoms with Crippen molar-refractivity contribution in [1.82, 2.24) is 10.3 Å². The summed E-state index contributed by atoms with van der Waals surface area (Å²) in [6.07, 6.45) is 0.547. The van der Waals surface area contributed by atoms with Crippen molar-refractivity contribution in [2.75, 3.05) is 0 Å². The second kappa shape index (κ2) is 2.20. The number of hydrazine groups is 1. The normalized spacial score (nSPS) is 31.0. The fraction of sp³-hybridized carbons (Fsp3) is 0.667. The van der Waals surface area contributed by atoms with Crippen molar-refractivity contribution in [3.05, 3.63) is 0 Å². The van der Waals surface area contributed by atoms with E-state index < -0.39 is 11.6 Å². The van der Waals surface area contributed by atoms with Crippen LogP contribution in [0.1, 0.15) is 20.3 Å². The Kier molecular flexibility index (Phi) is 1.60. The van der Waals surface area contributed by atoms with Gasteiger partial charge in [-0.3, -0.25) is 4.79 Å². The first-order valence-electron chi connectivity index (χ1n) is 3.42. The monoisotopic (exact) mass is 157 g/mol. The second-order valence-corrected chi connectivity index (χ2v) is 2.79. The molecule has 3 N–H and O–H groups in total. The van der Waals surface area contributed by atoms with Crippen LogP contribution in [0.15, 0.2) is 0 Å². The first-order chi connectivity index (χ1) is 5.01. The zero-order valence-electron chi connectivity index (χ0n) is 6.55. The molecule has 0 aromatic rings. The third-order valence-corrected chi connectivity index (χ3v) is 2.00. The molecule has 0 unspecified atom stereocenters. The van der Waals surface area contributed by atoms with E-state index in [1.807, 2.05) is 6.92 Å². The number of hydrogen-bond acceptors (Lipinski definition) is 3. The molecule has 0 radical (unpaired) electrons. The van der Waals surface area contributed by atoms with E-state index in [0.29, 0.717) is 11.4 Å². The molecule has 1 rings (SSSR count). The van der Waals surface area contributed by atoms with Crippen LogP contribution >= 0.6 is 0 Å². The molecule has 5 nitrogen and oxygen atoms in total. The smallest absolute Gasteiger partial charge is 0.322 e. The summed E-state index contributed by atoms with van der Waals surface area (Å²) in [6.45, 7) is 3.47. The van der Waals surface area contributed by atoms with Gasteiger partial charge in [-0.2, -0.15) is 5.01 Å². The lowest BCUT2D eigenvalue weighted by molar-refractivity contribution is -0.131. The fourth-order valence-electron chi connectivity index (χ4n) is 0.947. The molecule has 0 spiro atoms. The lowest BCUT2D eigenvalue weighted by atomic mass is 10.00. The number of imide groups is 1. The highest BCUT2D eigenvalue weighted by Crippen LogP contribution is 2.17. The van der Waals surface area contributed by atoms with Crippen molar-refractivity contribution in [3.8, 4) is 0 Å². The molecule has 1 atom stereocenters. The van der Waals surface area contributed by atoms with E-state index in [9.17, 15) is 9.59 Å². The van der Waals surface area contributed by atoms with Gasteiger partial charge in [0.15, 0.2) is 0 Å². The first-order valence-corrected chi connectivity index (χ1v) is 3.42. The number of amides is 3. The van der Waals surface area contributed by atoms with Crippen LogP contribution in [-0.2, 0) is 4.79 Å². The molecule has 5 heteroatoms.